The second-order valence-corrected chi connectivity index (χ2v) is 10.0. The first-order chi connectivity index (χ1) is 13.7. The smallest absolute Gasteiger partial charge is 0.300 e. The van der Waals surface area contributed by atoms with Crippen molar-refractivity contribution in [3.05, 3.63) is 59.7 Å². The lowest BCUT2D eigenvalue weighted by Gasteiger charge is -2.33. The van der Waals surface area contributed by atoms with Crippen molar-refractivity contribution in [1.82, 2.24) is 9.21 Å². The third-order valence-electron chi connectivity index (χ3n) is 4.85. The van der Waals surface area contributed by atoms with Crippen molar-refractivity contribution in [3.8, 4) is 0 Å². The van der Waals surface area contributed by atoms with Crippen molar-refractivity contribution in [2.75, 3.05) is 38.5 Å². The number of benzene rings is 2. The number of hydrogen-bond acceptors (Lipinski definition) is 4. The summed E-state index contributed by atoms with van der Waals surface area (Å²) in [7, 11) is -3.78. The number of rotatable bonds is 6. The molecule has 9 heteroatoms. The average Bonchev–Trinajstić information content (AvgIpc) is 2.69. The Hall–Kier alpha value is -1.55. The molecule has 0 bridgehead atoms. The van der Waals surface area contributed by atoms with E-state index in [-0.39, 0.29) is 4.90 Å². The maximum absolute atomic E-state index is 12.7. The molecule has 0 aliphatic carbocycles. The molecule has 1 heterocycles. The highest BCUT2D eigenvalue weighted by atomic mass is 32.2. The second kappa shape index (κ2) is 9.07. The number of piperazine rings is 1. The van der Waals surface area contributed by atoms with Gasteiger partial charge in [-0.15, -0.1) is 11.8 Å². The van der Waals surface area contributed by atoms with E-state index in [0.717, 1.165) is 36.6 Å². The van der Waals surface area contributed by atoms with Gasteiger partial charge in [0, 0.05) is 43.4 Å². The van der Waals surface area contributed by atoms with Gasteiger partial charge >= 0.3 is 6.18 Å². The fourth-order valence-corrected chi connectivity index (χ4v) is 5.42. The van der Waals surface area contributed by atoms with Gasteiger partial charge in [-0.2, -0.15) is 17.5 Å². The Balaban J connectivity index is 1.50. The van der Waals surface area contributed by atoms with E-state index in [1.54, 1.807) is 11.8 Å². The summed E-state index contributed by atoms with van der Waals surface area (Å²) >= 11 is 1.76. The maximum Gasteiger partial charge on any atom is 0.416 e. The molecule has 1 aliphatic heterocycles. The van der Waals surface area contributed by atoms with Gasteiger partial charge in [-0.25, -0.2) is 8.42 Å². The Morgan fingerprint density at radius 2 is 1.52 bits per heavy atom. The maximum atomic E-state index is 12.7. The third-order valence-corrected chi connectivity index (χ3v) is 7.75. The molecule has 29 heavy (non-hydrogen) atoms. The molecule has 0 atom stereocenters. The van der Waals surface area contributed by atoms with Gasteiger partial charge in [0.1, 0.15) is 0 Å². The fraction of sp³-hybridized carbons (Fsp3) is 0.400. The molecule has 0 unspecified atom stereocenters. The van der Waals surface area contributed by atoms with Gasteiger partial charge < -0.3 is 0 Å². The number of hydrogen-bond donors (Lipinski definition) is 0. The van der Waals surface area contributed by atoms with E-state index in [4.69, 9.17) is 0 Å². The molecule has 4 nitrogen and oxygen atoms in total. The molecule has 1 saturated heterocycles. The molecule has 0 saturated carbocycles. The van der Waals surface area contributed by atoms with Gasteiger partial charge in [-0.1, -0.05) is 17.7 Å². The quantitative estimate of drug-likeness (QED) is 0.629. The van der Waals surface area contributed by atoms with E-state index >= 15 is 0 Å². The molecule has 0 aromatic heterocycles. The van der Waals surface area contributed by atoms with Crippen molar-refractivity contribution >= 4 is 21.8 Å². The topological polar surface area (TPSA) is 40.6 Å². The lowest BCUT2D eigenvalue weighted by molar-refractivity contribution is -0.137. The van der Waals surface area contributed by atoms with Crippen LogP contribution in [0.15, 0.2) is 58.3 Å². The van der Waals surface area contributed by atoms with Gasteiger partial charge in [-0.3, -0.25) is 4.90 Å². The summed E-state index contributed by atoms with van der Waals surface area (Å²) in [5.41, 5.74) is 0.368. The first-order valence-electron chi connectivity index (χ1n) is 9.25. The largest absolute Gasteiger partial charge is 0.416 e. The average molecular weight is 445 g/mol. The van der Waals surface area contributed by atoms with Gasteiger partial charge in [-0.05, 0) is 43.3 Å². The monoisotopic (exact) mass is 444 g/mol. The summed E-state index contributed by atoms with van der Waals surface area (Å²) in [6, 6.07) is 12.0. The van der Waals surface area contributed by atoms with Gasteiger partial charge in [0.2, 0.25) is 10.0 Å². The van der Waals surface area contributed by atoms with Crippen LogP contribution in [-0.4, -0.2) is 56.1 Å². The Labute approximate surface area is 173 Å². The Kier molecular flexibility index (Phi) is 6.93. The second-order valence-electron chi connectivity index (χ2n) is 6.93. The van der Waals surface area contributed by atoms with Crippen molar-refractivity contribution in [2.24, 2.45) is 0 Å². The number of nitrogens with zero attached hydrogens (tertiary/aromatic N) is 2. The van der Waals surface area contributed by atoms with Crippen molar-refractivity contribution in [2.45, 2.75) is 22.9 Å². The summed E-state index contributed by atoms with van der Waals surface area (Å²) in [4.78, 5) is 3.31. The van der Waals surface area contributed by atoms with Crippen molar-refractivity contribution in [3.63, 3.8) is 0 Å². The van der Waals surface area contributed by atoms with E-state index in [9.17, 15) is 21.6 Å². The molecule has 0 spiro atoms. The Bertz CT molecular complexity index is 906. The number of aryl methyl sites for hydroxylation is 1. The Morgan fingerprint density at radius 3 is 2.07 bits per heavy atom. The summed E-state index contributed by atoms with van der Waals surface area (Å²) in [6.45, 7) is 4.78. The van der Waals surface area contributed by atoms with Crippen molar-refractivity contribution < 1.29 is 21.6 Å². The van der Waals surface area contributed by atoms with Crippen LogP contribution < -0.4 is 0 Å². The zero-order valence-corrected chi connectivity index (χ0v) is 17.7. The van der Waals surface area contributed by atoms with Crippen LogP contribution in [0.25, 0.3) is 0 Å². The summed E-state index contributed by atoms with van der Waals surface area (Å²) in [5, 5.41) is 0. The minimum Gasteiger partial charge on any atom is -0.300 e. The SMILES string of the molecule is Cc1ccc(SCCN2CCN(S(=O)(=O)c3ccc(C(F)(F)F)cc3)CC2)cc1. The van der Waals surface area contributed by atoms with Crippen LogP contribution in [0.5, 0.6) is 0 Å². The molecular formula is C20H23F3N2O2S2. The summed E-state index contributed by atoms with van der Waals surface area (Å²) in [5.74, 6) is 0.911. The highest BCUT2D eigenvalue weighted by molar-refractivity contribution is 7.99. The standard InChI is InChI=1S/C20H23F3N2O2S2/c1-16-2-6-18(7-3-16)28-15-14-24-10-12-25(13-11-24)29(26,27)19-8-4-17(5-9-19)20(21,22)23/h2-9H,10-15H2,1H3. The zero-order chi connectivity index (χ0) is 21.1. The lowest BCUT2D eigenvalue weighted by atomic mass is 10.2. The highest BCUT2D eigenvalue weighted by Gasteiger charge is 2.32. The third kappa shape index (κ3) is 5.75. The number of alkyl halides is 3. The normalized spacial score (nSPS) is 16.8. The summed E-state index contributed by atoms with van der Waals surface area (Å²) in [6.07, 6.45) is -4.48. The molecule has 0 amide bonds. The number of halogens is 3. The van der Waals surface area contributed by atoms with Crippen LogP contribution in [-0.2, 0) is 16.2 Å². The highest BCUT2D eigenvalue weighted by Crippen LogP contribution is 2.30. The van der Waals surface area contributed by atoms with Crippen LogP contribution in [0, 0.1) is 6.92 Å². The minimum absolute atomic E-state index is 0.103. The first kappa shape index (κ1) is 22.1. The molecule has 2 aromatic carbocycles. The van der Waals surface area contributed by atoms with E-state index in [1.807, 2.05) is 6.92 Å². The van der Waals surface area contributed by atoms with Crippen LogP contribution in [0.2, 0.25) is 0 Å². The summed E-state index contributed by atoms with van der Waals surface area (Å²) < 4.78 is 64.8. The predicted octanol–water partition coefficient (Wildman–Crippen LogP) is 4.11. The molecule has 2 aromatic rings. The van der Waals surface area contributed by atoms with E-state index < -0.39 is 21.8 Å². The van der Waals surface area contributed by atoms with Gasteiger partial charge in [0.05, 0.1) is 10.5 Å². The van der Waals surface area contributed by atoms with Gasteiger partial charge in [0.15, 0.2) is 0 Å². The van der Waals surface area contributed by atoms with E-state index in [2.05, 4.69) is 29.2 Å². The van der Waals surface area contributed by atoms with E-state index in [0.29, 0.717) is 26.2 Å². The van der Waals surface area contributed by atoms with Gasteiger partial charge in [0.25, 0.3) is 0 Å². The predicted molar refractivity (Wildman–Crippen MR) is 109 cm³/mol. The van der Waals surface area contributed by atoms with Crippen LogP contribution in [0.3, 0.4) is 0 Å². The minimum atomic E-state index is -4.48. The lowest BCUT2D eigenvalue weighted by Crippen LogP contribution is -2.49. The van der Waals surface area contributed by atoms with Crippen LogP contribution in [0.4, 0.5) is 13.2 Å². The molecule has 0 N–H and O–H groups in total. The molecular weight excluding hydrogens is 421 g/mol. The van der Waals surface area contributed by atoms with Crippen LogP contribution in [0.1, 0.15) is 11.1 Å². The first-order valence-corrected chi connectivity index (χ1v) is 11.7. The molecule has 1 aliphatic rings. The Morgan fingerprint density at radius 1 is 0.931 bits per heavy atom. The molecule has 1 fully saturated rings. The van der Waals surface area contributed by atoms with Crippen LogP contribution >= 0.6 is 11.8 Å². The molecule has 0 radical (unpaired) electrons. The van der Waals surface area contributed by atoms with Crippen molar-refractivity contribution in [1.29, 1.82) is 0 Å². The van der Waals surface area contributed by atoms with E-state index in [1.165, 1.54) is 14.8 Å². The molecule has 158 valence electrons. The fourth-order valence-electron chi connectivity index (χ4n) is 3.09. The zero-order valence-electron chi connectivity index (χ0n) is 16.0. The molecule has 3 rings (SSSR count). The number of thioether (sulfide) groups is 1. The number of sulfonamides is 1.